The van der Waals surface area contributed by atoms with E-state index < -0.39 is 11.9 Å². The van der Waals surface area contributed by atoms with E-state index in [0.717, 1.165) is 5.56 Å². The number of rotatable bonds is 8. The van der Waals surface area contributed by atoms with Gasteiger partial charge in [-0.05, 0) is 59.0 Å². The smallest absolute Gasteiger partial charge is 0.336 e. The Morgan fingerprint density at radius 2 is 1.76 bits per heavy atom. The first-order chi connectivity index (χ1) is 15.9. The zero-order valence-electron chi connectivity index (χ0n) is 18.4. The molecule has 2 aromatic carbocycles. The number of nitriles is 1. The van der Waals surface area contributed by atoms with E-state index >= 15 is 0 Å². The lowest BCUT2D eigenvalue weighted by Crippen LogP contribution is -2.23. The number of carbonyl (C=O) groups excluding carboxylic acids is 2. The molecule has 0 bridgehead atoms. The second-order valence-electron chi connectivity index (χ2n) is 7.58. The fourth-order valence-electron chi connectivity index (χ4n) is 2.93. The van der Waals surface area contributed by atoms with Gasteiger partial charge in [0.25, 0.3) is 5.91 Å². The van der Waals surface area contributed by atoms with Gasteiger partial charge in [0, 0.05) is 6.08 Å². The van der Waals surface area contributed by atoms with Crippen LogP contribution >= 0.6 is 0 Å². The monoisotopic (exact) mass is 440 g/mol. The summed E-state index contributed by atoms with van der Waals surface area (Å²) in [5, 5.41) is 11.9. The molecule has 33 heavy (non-hydrogen) atoms. The van der Waals surface area contributed by atoms with Crippen LogP contribution in [0.1, 0.15) is 42.2 Å². The van der Waals surface area contributed by atoms with Crippen LogP contribution in [0.15, 0.2) is 83.0 Å². The van der Waals surface area contributed by atoms with Crippen molar-refractivity contribution in [3.63, 3.8) is 0 Å². The molecule has 166 valence electrons. The first-order valence-corrected chi connectivity index (χ1v) is 10.5. The third kappa shape index (κ3) is 7.08. The average molecular weight is 440 g/mol. The summed E-state index contributed by atoms with van der Waals surface area (Å²) in [5.74, 6) is 0.398. The minimum atomic E-state index is -0.504. The molecule has 3 rings (SSSR count). The summed E-state index contributed by atoms with van der Waals surface area (Å²) in [4.78, 5) is 24.3. The van der Waals surface area contributed by atoms with Gasteiger partial charge in [-0.2, -0.15) is 5.26 Å². The van der Waals surface area contributed by atoms with Crippen molar-refractivity contribution in [2.75, 3.05) is 0 Å². The molecule has 1 amide bonds. The molecule has 0 saturated heterocycles. The van der Waals surface area contributed by atoms with Crippen molar-refractivity contribution in [3.8, 4) is 11.8 Å². The highest BCUT2D eigenvalue weighted by Crippen LogP contribution is 2.17. The van der Waals surface area contributed by atoms with Crippen molar-refractivity contribution >= 4 is 24.0 Å². The third-order valence-electron chi connectivity index (χ3n) is 4.79. The predicted octanol–water partition coefficient (Wildman–Crippen LogP) is 5.25. The minimum Gasteiger partial charge on any atom is -0.467 e. The first-order valence-electron chi connectivity index (χ1n) is 10.5. The van der Waals surface area contributed by atoms with Gasteiger partial charge < -0.3 is 14.5 Å². The maximum absolute atomic E-state index is 12.2. The fourth-order valence-corrected chi connectivity index (χ4v) is 2.93. The second kappa shape index (κ2) is 11.3. The van der Waals surface area contributed by atoms with Gasteiger partial charge in [-0.25, -0.2) is 4.79 Å². The molecule has 6 nitrogen and oxygen atoms in total. The van der Waals surface area contributed by atoms with Crippen molar-refractivity contribution in [3.05, 3.63) is 101 Å². The summed E-state index contributed by atoms with van der Waals surface area (Å²) in [6, 6.07) is 19.9. The molecule has 0 aliphatic heterocycles. The molecule has 0 fully saturated rings. The van der Waals surface area contributed by atoms with Gasteiger partial charge in [0.1, 0.15) is 23.2 Å². The van der Waals surface area contributed by atoms with Crippen LogP contribution in [0.4, 0.5) is 0 Å². The molecule has 6 heteroatoms. The van der Waals surface area contributed by atoms with E-state index in [1.165, 1.54) is 24.0 Å². The number of benzene rings is 2. The molecule has 1 aromatic heterocycles. The molecule has 0 aliphatic rings. The highest BCUT2D eigenvalue weighted by molar-refractivity contribution is 6.01. The van der Waals surface area contributed by atoms with E-state index in [-0.39, 0.29) is 12.1 Å². The molecule has 0 atom stereocenters. The summed E-state index contributed by atoms with van der Waals surface area (Å²) in [6.45, 7) is 4.44. The molecule has 0 saturated carbocycles. The Kier molecular flexibility index (Phi) is 7.98. The number of hydrogen-bond donors (Lipinski definition) is 1. The number of nitrogens with one attached hydrogen (secondary N) is 1. The lowest BCUT2D eigenvalue weighted by molar-refractivity contribution is -0.128. The summed E-state index contributed by atoms with van der Waals surface area (Å²) in [5.41, 5.74) is 2.72. The van der Waals surface area contributed by atoms with Crippen molar-refractivity contribution in [2.24, 2.45) is 0 Å². The molecule has 1 N–H and O–H groups in total. The summed E-state index contributed by atoms with van der Waals surface area (Å²) >= 11 is 0. The third-order valence-corrected chi connectivity index (χ3v) is 4.79. The van der Waals surface area contributed by atoms with Gasteiger partial charge in [0.15, 0.2) is 0 Å². The van der Waals surface area contributed by atoms with Gasteiger partial charge >= 0.3 is 5.97 Å². The predicted molar refractivity (Wildman–Crippen MR) is 126 cm³/mol. The van der Waals surface area contributed by atoms with Crippen LogP contribution in [0.3, 0.4) is 0 Å². The number of nitrogens with zero attached hydrogens (tertiary/aromatic N) is 1. The van der Waals surface area contributed by atoms with Gasteiger partial charge in [-0.3, -0.25) is 4.79 Å². The largest absolute Gasteiger partial charge is 0.467 e. The Labute approximate surface area is 192 Å². The van der Waals surface area contributed by atoms with Gasteiger partial charge in [-0.1, -0.05) is 50.2 Å². The van der Waals surface area contributed by atoms with Crippen molar-refractivity contribution in [1.29, 1.82) is 5.26 Å². The van der Waals surface area contributed by atoms with Crippen molar-refractivity contribution in [1.82, 2.24) is 5.32 Å². The van der Waals surface area contributed by atoms with Crippen molar-refractivity contribution in [2.45, 2.75) is 26.3 Å². The first kappa shape index (κ1) is 23.3. The molecule has 0 unspecified atom stereocenters. The van der Waals surface area contributed by atoms with E-state index in [1.54, 1.807) is 42.5 Å². The lowest BCUT2D eigenvalue weighted by Gasteiger charge is -2.05. The van der Waals surface area contributed by atoms with Gasteiger partial charge in [0.05, 0.1) is 12.8 Å². The summed E-state index contributed by atoms with van der Waals surface area (Å²) in [7, 11) is 0. The highest BCUT2D eigenvalue weighted by Gasteiger charge is 2.10. The van der Waals surface area contributed by atoms with Crippen molar-refractivity contribution < 1.29 is 18.7 Å². The van der Waals surface area contributed by atoms with Gasteiger partial charge in [-0.15, -0.1) is 0 Å². The van der Waals surface area contributed by atoms with Crippen LogP contribution in [-0.2, 0) is 16.1 Å². The SMILES string of the molecule is CC(C)c1ccc(/C=C/C(=O)Oc2ccc(/C=C(\C#N)C(=O)NCc3ccco3)cc2)cc1. The molecule has 0 radical (unpaired) electrons. The van der Waals surface area contributed by atoms with E-state index in [0.29, 0.717) is 23.0 Å². The maximum Gasteiger partial charge on any atom is 0.336 e. The Balaban J connectivity index is 1.56. The number of furan rings is 1. The number of ether oxygens (including phenoxy) is 1. The lowest BCUT2D eigenvalue weighted by atomic mass is 10.0. The summed E-state index contributed by atoms with van der Waals surface area (Å²) in [6.07, 6.45) is 6.04. The number of esters is 1. The Hall–Kier alpha value is -4.37. The molecular formula is C27H24N2O4. The Morgan fingerprint density at radius 1 is 1.06 bits per heavy atom. The minimum absolute atomic E-state index is 0.0438. The second-order valence-corrected chi connectivity index (χ2v) is 7.58. The molecule has 1 heterocycles. The van der Waals surface area contributed by atoms with Crippen LogP contribution in [0, 0.1) is 11.3 Å². The standard InChI is InChI=1S/C27H24N2O4/c1-19(2)22-10-5-20(6-11-22)9-14-26(30)33-24-12-7-21(8-13-24)16-23(17-28)27(31)29-18-25-4-3-15-32-25/h3-16,19H,18H2,1-2H3,(H,29,31)/b14-9+,23-16+. The molecular weight excluding hydrogens is 416 g/mol. The van der Waals surface area contributed by atoms with Crippen LogP contribution in [0.25, 0.3) is 12.2 Å². The van der Waals surface area contributed by atoms with Gasteiger partial charge in [0.2, 0.25) is 0 Å². The number of hydrogen-bond acceptors (Lipinski definition) is 5. The van der Waals surface area contributed by atoms with Crippen LogP contribution in [0.2, 0.25) is 0 Å². The molecule has 0 spiro atoms. The van der Waals surface area contributed by atoms with E-state index in [4.69, 9.17) is 9.15 Å². The zero-order chi connectivity index (χ0) is 23.6. The fraction of sp³-hybridized carbons (Fsp3) is 0.148. The van der Waals surface area contributed by atoms with Crippen LogP contribution in [-0.4, -0.2) is 11.9 Å². The van der Waals surface area contributed by atoms with E-state index in [2.05, 4.69) is 19.2 Å². The maximum atomic E-state index is 12.2. The Bertz CT molecular complexity index is 1180. The Morgan fingerprint density at radius 3 is 2.36 bits per heavy atom. The molecule has 3 aromatic rings. The topological polar surface area (TPSA) is 92.3 Å². The zero-order valence-corrected chi connectivity index (χ0v) is 18.4. The quantitative estimate of drug-likeness (QED) is 0.224. The normalized spacial score (nSPS) is 11.4. The van der Waals surface area contributed by atoms with Crippen LogP contribution in [0.5, 0.6) is 5.75 Å². The highest BCUT2D eigenvalue weighted by atomic mass is 16.5. The number of carbonyl (C=O) groups is 2. The average Bonchev–Trinajstić information content (AvgIpc) is 3.35. The van der Waals surface area contributed by atoms with E-state index in [1.807, 2.05) is 30.3 Å². The summed E-state index contributed by atoms with van der Waals surface area (Å²) < 4.78 is 10.5. The number of amides is 1. The van der Waals surface area contributed by atoms with E-state index in [9.17, 15) is 14.9 Å². The molecule has 0 aliphatic carbocycles. The van der Waals surface area contributed by atoms with Crippen LogP contribution < -0.4 is 10.1 Å².